The van der Waals surface area contributed by atoms with Crippen LogP contribution in [0.4, 0.5) is 10.5 Å². The SMILES string of the molecule is COc1ccc([N+](=O)[O-])cc1C(=O)OC(C)C(=O)NC(=O)NC(C)C. The molecule has 0 aliphatic rings. The molecule has 3 amide bonds. The topological polar surface area (TPSA) is 137 Å². The van der Waals surface area contributed by atoms with Crippen LogP contribution in [0, 0.1) is 10.1 Å². The number of hydrogen-bond acceptors (Lipinski definition) is 7. The summed E-state index contributed by atoms with van der Waals surface area (Å²) in [5.74, 6) is -1.77. The Morgan fingerprint density at radius 2 is 1.84 bits per heavy atom. The Labute approximate surface area is 143 Å². The molecule has 10 nitrogen and oxygen atoms in total. The highest BCUT2D eigenvalue weighted by atomic mass is 16.6. The summed E-state index contributed by atoms with van der Waals surface area (Å²) in [6.07, 6.45) is -1.30. The number of rotatable bonds is 6. The highest BCUT2D eigenvalue weighted by Gasteiger charge is 2.24. The van der Waals surface area contributed by atoms with Gasteiger partial charge in [-0.3, -0.25) is 20.2 Å². The van der Waals surface area contributed by atoms with E-state index in [4.69, 9.17) is 9.47 Å². The van der Waals surface area contributed by atoms with Crippen LogP contribution in [0.3, 0.4) is 0 Å². The molecule has 0 saturated carbocycles. The quantitative estimate of drug-likeness (QED) is 0.448. The molecule has 0 aliphatic heterocycles. The lowest BCUT2D eigenvalue weighted by Gasteiger charge is -2.15. The van der Waals surface area contributed by atoms with E-state index in [-0.39, 0.29) is 23.0 Å². The first-order chi connectivity index (χ1) is 11.6. The van der Waals surface area contributed by atoms with Crippen molar-refractivity contribution in [3.8, 4) is 5.75 Å². The fraction of sp³-hybridized carbons (Fsp3) is 0.400. The number of nitrogens with zero attached hydrogens (tertiary/aromatic N) is 1. The van der Waals surface area contributed by atoms with Gasteiger partial charge in [0.2, 0.25) is 0 Å². The van der Waals surface area contributed by atoms with Gasteiger partial charge in [-0.05, 0) is 26.8 Å². The zero-order valence-electron chi connectivity index (χ0n) is 14.2. The standard InChI is InChI=1S/C15H19N3O7/c1-8(2)16-15(21)17-13(19)9(3)25-14(20)11-7-10(18(22)23)5-6-12(11)24-4/h5-9H,1-4H3,(H2,16,17,19,21). The van der Waals surface area contributed by atoms with E-state index in [1.807, 2.05) is 5.32 Å². The molecule has 136 valence electrons. The number of ether oxygens (including phenoxy) is 2. The smallest absolute Gasteiger partial charge is 0.342 e. The third kappa shape index (κ3) is 5.75. The normalized spacial score (nSPS) is 11.4. The van der Waals surface area contributed by atoms with Crippen molar-refractivity contribution in [2.45, 2.75) is 32.9 Å². The molecule has 0 aliphatic carbocycles. The Morgan fingerprint density at radius 3 is 2.36 bits per heavy atom. The molecular weight excluding hydrogens is 334 g/mol. The second-order valence-electron chi connectivity index (χ2n) is 5.31. The minimum absolute atomic E-state index is 0.0563. The molecule has 0 saturated heterocycles. The molecular formula is C15H19N3O7. The van der Waals surface area contributed by atoms with Crippen LogP contribution in [-0.2, 0) is 9.53 Å². The number of methoxy groups -OCH3 is 1. The van der Waals surface area contributed by atoms with Gasteiger partial charge in [-0.25, -0.2) is 9.59 Å². The van der Waals surface area contributed by atoms with Gasteiger partial charge >= 0.3 is 12.0 Å². The third-order valence-corrected chi connectivity index (χ3v) is 2.92. The number of nitro groups is 1. The van der Waals surface area contributed by atoms with Gasteiger partial charge in [0.15, 0.2) is 6.10 Å². The number of amides is 3. The van der Waals surface area contributed by atoms with Gasteiger partial charge in [0.1, 0.15) is 11.3 Å². The largest absolute Gasteiger partial charge is 0.496 e. The molecule has 1 atom stereocenters. The van der Waals surface area contributed by atoms with Crippen molar-refractivity contribution in [1.82, 2.24) is 10.6 Å². The molecule has 2 N–H and O–H groups in total. The van der Waals surface area contributed by atoms with Gasteiger partial charge in [-0.1, -0.05) is 0 Å². The van der Waals surface area contributed by atoms with Gasteiger partial charge in [0.05, 0.1) is 12.0 Å². The van der Waals surface area contributed by atoms with Crippen molar-refractivity contribution < 1.29 is 28.8 Å². The van der Waals surface area contributed by atoms with E-state index >= 15 is 0 Å². The number of nitrogens with one attached hydrogen (secondary N) is 2. The molecule has 0 radical (unpaired) electrons. The first kappa shape index (κ1) is 19.9. The maximum atomic E-state index is 12.2. The summed E-state index contributed by atoms with van der Waals surface area (Å²) >= 11 is 0. The Bertz CT molecular complexity index is 688. The average molecular weight is 353 g/mol. The monoisotopic (exact) mass is 353 g/mol. The van der Waals surface area contributed by atoms with Crippen LogP contribution in [0.1, 0.15) is 31.1 Å². The minimum Gasteiger partial charge on any atom is -0.496 e. The lowest BCUT2D eigenvalue weighted by molar-refractivity contribution is -0.384. The number of non-ortho nitro benzene ring substituents is 1. The molecule has 0 fully saturated rings. The lowest BCUT2D eigenvalue weighted by Crippen LogP contribution is -2.46. The first-order valence-corrected chi connectivity index (χ1v) is 7.30. The van der Waals surface area contributed by atoms with E-state index in [2.05, 4.69) is 5.32 Å². The average Bonchev–Trinajstić information content (AvgIpc) is 2.52. The predicted molar refractivity (Wildman–Crippen MR) is 86.3 cm³/mol. The number of carbonyl (C=O) groups is 3. The number of carbonyl (C=O) groups excluding carboxylic acids is 3. The number of benzene rings is 1. The Kier molecular flexibility index (Phi) is 6.85. The number of esters is 1. The van der Waals surface area contributed by atoms with Crippen molar-refractivity contribution in [2.75, 3.05) is 7.11 Å². The van der Waals surface area contributed by atoms with E-state index < -0.39 is 28.9 Å². The number of nitro benzene ring substituents is 1. The van der Waals surface area contributed by atoms with E-state index in [1.165, 1.54) is 26.2 Å². The van der Waals surface area contributed by atoms with Crippen LogP contribution in [0.25, 0.3) is 0 Å². The van der Waals surface area contributed by atoms with Crippen LogP contribution < -0.4 is 15.4 Å². The molecule has 10 heteroatoms. The van der Waals surface area contributed by atoms with Crippen LogP contribution in [0.5, 0.6) is 5.75 Å². The zero-order chi connectivity index (χ0) is 19.1. The summed E-state index contributed by atoms with van der Waals surface area (Å²) in [6.45, 7) is 4.68. The fourth-order valence-corrected chi connectivity index (χ4v) is 1.76. The van der Waals surface area contributed by atoms with Crippen molar-refractivity contribution in [3.63, 3.8) is 0 Å². The van der Waals surface area contributed by atoms with E-state index in [1.54, 1.807) is 13.8 Å². The molecule has 1 rings (SSSR count). The van der Waals surface area contributed by atoms with Crippen molar-refractivity contribution in [2.24, 2.45) is 0 Å². The van der Waals surface area contributed by atoms with Gasteiger partial charge in [-0.2, -0.15) is 0 Å². The highest BCUT2D eigenvalue weighted by Crippen LogP contribution is 2.25. The molecule has 0 aromatic heterocycles. The van der Waals surface area contributed by atoms with Crippen molar-refractivity contribution >= 4 is 23.6 Å². The number of hydrogen-bond donors (Lipinski definition) is 2. The maximum Gasteiger partial charge on any atom is 0.342 e. The van der Waals surface area contributed by atoms with Gasteiger partial charge in [0, 0.05) is 18.2 Å². The second-order valence-corrected chi connectivity index (χ2v) is 5.31. The fourth-order valence-electron chi connectivity index (χ4n) is 1.76. The molecule has 1 aromatic rings. The van der Waals surface area contributed by atoms with Gasteiger partial charge in [-0.15, -0.1) is 0 Å². The summed E-state index contributed by atoms with van der Waals surface area (Å²) < 4.78 is 9.91. The van der Waals surface area contributed by atoms with Crippen LogP contribution >= 0.6 is 0 Å². The summed E-state index contributed by atoms with van der Waals surface area (Å²) in [6, 6.07) is 2.49. The molecule has 0 spiro atoms. The zero-order valence-corrected chi connectivity index (χ0v) is 14.2. The minimum atomic E-state index is -1.30. The maximum absolute atomic E-state index is 12.2. The van der Waals surface area contributed by atoms with Gasteiger partial charge in [0.25, 0.3) is 11.6 Å². The number of imide groups is 1. The summed E-state index contributed by atoms with van der Waals surface area (Å²) in [4.78, 5) is 45.6. The predicted octanol–water partition coefficient (Wildman–Crippen LogP) is 1.38. The van der Waals surface area contributed by atoms with E-state index in [0.717, 1.165) is 6.07 Å². The summed E-state index contributed by atoms with van der Waals surface area (Å²) in [5.41, 5.74) is -0.538. The first-order valence-electron chi connectivity index (χ1n) is 7.30. The Balaban J connectivity index is 2.84. The van der Waals surface area contributed by atoms with Crippen LogP contribution in [0.2, 0.25) is 0 Å². The van der Waals surface area contributed by atoms with Gasteiger partial charge < -0.3 is 14.8 Å². The van der Waals surface area contributed by atoms with E-state index in [0.29, 0.717) is 0 Å². The lowest BCUT2D eigenvalue weighted by atomic mass is 10.1. The Hall–Kier alpha value is -3.17. The molecule has 25 heavy (non-hydrogen) atoms. The number of urea groups is 1. The molecule has 0 heterocycles. The highest BCUT2D eigenvalue weighted by molar-refractivity contribution is 5.99. The van der Waals surface area contributed by atoms with E-state index in [9.17, 15) is 24.5 Å². The molecule has 1 aromatic carbocycles. The summed E-state index contributed by atoms with van der Waals surface area (Å²) in [5, 5.41) is 15.3. The van der Waals surface area contributed by atoms with Crippen molar-refractivity contribution in [3.05, 3.63) is 33.9 Å². The molecule has 1 unspecified atom stereocenters. The molecule has 0 bridgehead atoms. The van der Waals surface area contributed by atoms with Crippen LogP contribution in [-0.4, -0.2) is 42.1 Å². The summed E-state index contributed by atoms with van der Waals surface area (Å²) in [7, 11) is 1.28. The van der Waals surface area contributed by atoms with Crippen LogP contribution in [0.15, 0.2) is 18.2 Å². The van der Waals surface area contributed by atoms with Crippen molar-refractivity contribution in [1.29, 1.82) is 0 Å². The second kappa shape index (κ2) is 8.62. The third-order valence-electron chi connectivity index (χ3n) is 2.92. The Morgan fingerprint density at radius 1 is 1.20 bits per heavy atom.